The van der Waals surface area contributed by atoms with E-state index in [2.05, 4.69) is 34.3 Å². The van der Waals surface area contributed by atoms with E-state index in [1.165, 1.54) is 0 Å². The number of nitrogens with one attached hydrogen (secondary N) is 1. The quantitative estimate of drug-likeness (QED) is 0.715. The number of amides is 1. The van der Waals surface area contributed by atoms with Gasteiger partial charge in [-0.15, -0.1) is 0 Å². The third-order valence-corrected chi connectivity index (χ3v) is 5.41. The van der Waals surface area contributed by atoms with Gasteiger partial charge in [-0.25, -0.2) is 0 Å². The minimum Gasteiger partial charge on any atom is -0.497 e. The zero-order valence-electron chi connectivity index (χ0n) is 16.9. The Kier molecular flexibility index (Phi) is 7.75. The molecule has 0 unspecified atom stereocenters. The van der Waals surface area contributed by atoms with Crippen molar-refractivity contribution in [3.63, 3.8) is 0 Å². The van der Waals surface area contributed by atoms with Crippen molar-refractivity contribution < 1.29 is 14.3 Å². The number of hydrogen-bond acceptors (Lipinski definition) is 5. The summed E-state index contributed by atoms with van der Waals surface area (Å²) < 4.78 is 10.8. The van der Waals surface area contributed by atoms with Gasteiger partial charge in [-0.05, 0) is 49.0 Å². The van der Waals surface area contributed by atoms with Crippen molar-refractivity contribution in [1.82, 2.24) is 15.1 Å². The van der Waals surface area contributed by atoms with Crippen LogP contribution in [-0.2, 0) is 4.79 Å². The molecule has 1 heterocycles. The molecule has 2 aromatic rings. The fraction of sp³-hybridized carbons (Fsp3) is 0.409. The second-order valence-corrected chi connectivity index (χ2v) is 7.61. The summed E-state index contributed by atoms with van der Waals surface area (Å²) in [6.07, 6.45) is 0. The molecule has 0 saturated carbocycles. The standard InChI is InChI=1S/C22H28ClN3O3/c1-25-11-13-26(14-12-25)21(17-3-7-19(28-2)8-4-17)15-24-22(27)16-29-20-9-5-18(23)6-10-20/h3-10,21H,11-16H2,1-2H3,(H,24,27)/t21-/m1/s1. The zero-order valence-corrected chi connectivity index (χ0v) is 17.7. The summed E-state index contributed by atoms with van der Waals surface area (Å²) in [7, 11) is 3.80. The molecule has 3 rings (SSSR count). The number of hydrogen-bond donors (Lipinski definition) is 1. The third-order valence-electron chi connectivity index (χ3n) is 5.16. The molecule has 6 nitrogen and oxygen atoms in total. The summed E-state index contributed by atoms with van der Waals surface area (Å²) in [6, 6.07) is 15.1. The first-order chi connectivity index (χ1) is 14.0. The van der Waals surface area contributed by atoms with Gasteiger partial charge in [-0.3, -0.25) is 9.69 Å². The maximum Gasteiger partial charge on any atom is 0.258 e. The van der Waals surface area contributed by atoms with Crippen LogP contribution in [0.15, 0.2) is 48.5 Å². The van der Waals surface area contributed by atoms with E-state index in [0.29, 0.717) is 17.3 Å². The van der Waals surface area contributed by atoms with Gasteiger partial charge in [0.15, 0.2) is 6.61 Å². The van der Waals surface area contributed by atoms with E-state index >= 15 is 0 Å². The lowest BCUT2D eigenvalue weighted by molar-refractivity contribution is -0.123. The van der Waals surface area contributed by atoms with Gasteiger partial charge in [0.2, 0.25) is 0 Å². The minimum atomic E-state index is -0.146. The van der Waals surface area contributed by atoms with Crippen LogP contribution in [0.2, 0.25) is 5.02 Å². The highest BCUT2D eigenvalue weighted by atomic mass is 35.5. The van der Waals surface area contributed by atoms with E-state index < -0.39 is 0 Å². The van der Waals surface area contributed by atoms with Crippen LogP contribution < -0.4 is 14.8 Å². The summed E-state index contributed by atoms with van der Waals surface area (Å²) in [5, 5.41) is 3.66. The van der Waals surface area contributed by atoms with Gasteiger partial charge >= 0.3 is 0 Å². The number of methoxy groups -OCH3 is 1. The van der Waals surface area contributed by atoms with E-state index in [-0.39, 0.29) is 18.6 Å². The van der Waals surface area contributed by atoms with Crippen LogP contribution in [0.25, 0.3) is 0 Å². The molecule has 1 saturated heterocycles. The van der Waals surface area contributed by atoms with Gasteiger partial charge in [0.1, 0.15) is 11.5 Å². The Labute approximate surface area is 177 Å². The number of carbonyl (C=O) groups is 1. The van der Waals surface area contributed by atoms with Crippen LogP contribution in [0.1, 0.15) is 11.6 Å². The van der Waals surface area contributed by atoms with Gasteiger partial charge in [0.25, 0.3) is 5.91 Å². The van der Waals surface area contributed by atoms with Crippen molar-refractivity contribution in [3.8, 4) is 11.5 Å². The highest BCUT2D eigenvalue weighted by molar-refractivity contribution is 6.30. The number of nitrogens with zero attached hydrogens (tertiary/aromatic N) is 2. The summed E-state index contributed by atoms with van der Waals surface area (Å²) >= 11 is 5.87. The van der Waals surface area contributed by atoms with Crippen molar-refractivity contribution in [1.29, 1.82) is 0 Å². The number of carbonyl (C=O) groups excluding carboxylic acids is 1. The van der Waals surface area contributed by atoms with Gasteiger partial charge in [0, 0.05) is 37.7 Å². The Bertz CT molecular complexity index is 775. The average Bonchev–Trinajstić information content (AvgIpc) is 2.75. The Morgan fingerprint density at radius 2 is 1.66 bits per heavy atom. The molecule has 0 bridgehead atoms. The van der Waals surface area contributed by atoms with Crippen molar-refractivity contribution in [3.05, 3.63) is 59.1 Å². The number of likely N-dealkylation sites (N-methyl/N-ethyl adjacent to an activating group) is 1. The predicted octanol–water partition coefficient (Wildman–Crippen LogP) is 2.83. The fourth-order valence-electron chi connectivity index (χ4n) is 3.36. The summed E-state index contributed by atoms with van der Waals surface area (Å²) in [5.74, 6) is 1.30. The van der Waals surface area contributed by atoms with Gasteiger partial charge < -0.3 is 19.7 Å². The first-order valence-electron chi connectivity index (χ1n) is 9.77. The second-order valence-electron chi connectivity index (χ2n) is 7.17. The molecule has 1 amide bonds. The molecule has 1 atom stereocenters. The van der Waals surface area contributed by atoms with Crippen molar-refractivity contribution >= 4 is 17.5 Å². The second kappa shape index (κ2) is 10.5. The Morgan fingerprint density at radius 1 is 1.03 bits per heavy atom. The topological polar surface area (TPSA) is 54.0 Å². The van der Waals surface area contributed by atoms with Gasteiger partial charge in [-0.1, -0.05) is 23.7 Å². The fourth-order valence-corrected chi connectivity index (χ4v) is 3.48. The van der Waals surface area contributed by atoms with Crippen LogP contribution in [0.5, 0.6) is 11.5 Å². The lowest BCUT2D eigenvalue weighted by Gasteiger charge is -2.38. The highest BCUT2D eigenvalue weighted by Gasteiger charge is 2.24. The summed E-state index contributed by atoms with van der Waals surface area (Å²) in [5.41, 5.74) is 1.16. The maximum absolute atomic E-state index is 12.3. The average molecular weight is 418 g/mol. The molecule has 0 radical (unpaired) electrons. The number of halogens is 1. The molecule has 1 fully saturated rings. The molecule has 7 heteroatoms. The van der Waals surface area contributed by atoms with Crippen molar-refractivity contribution in [2.45, 2.75) is 6.04 Å². The van der Waals surface area contributed by atoms with Gasteiger partial charge in [0.05, 0.1) is 13.2 Å². The van der Waals surface area contributed by atoms with Crippen molar-refractivity contribution in [2.24, 2.45) is 0 Å². The number of benzene rings is 2. The zero-order chi connectivity index (χ0) is 20.6. The van der Waals surface area contributed by atoms with E-state index in [4.69, 9.17) is 21.1 Å². The van der Waals surface area contributed by atoms with Crippen LogP contribution in [-0.4, -0.2) is 69.2 Å². The summed E-state index contributed by atoms with van der Waals surface area (Å²) in [4.78, 5) is 17.1. The Balaban J connectivity index is 1.59. The van der Waals surface area contributed by atoms with Crippen LogP contribution in [0.3, 0.4) is 0 Å². The first kappa shape index (κ1) is 21.4. The van der Waals surface area contributed by atoms with E-state index in [1.807, 2.05) is 12.1 Å². The SMILES string of the molecule is COc1ccc([C@@H](CNC(=O)COc2ccc(Cl)cc2)N2CCN(C)CC2)cc1. The van der Waals surface area contributed by atoms with Crippen LogP contribution in [0.4, 0.5) is 0 Å². The minimum absolute atomic E-state index is 0.0281. The normalized spacial score (nSPS) is 16.2. The molecule has 0 aliphatic carbocycles. The maximum atomic E-state index is 12.3. The van der Waals surface area contributed by atoms with E-state index in [9.17, 15) is 4.79 Å². The number of rotatable bonds is 8. The molecule has 29 heavy (non-hydrogen) atoms. The summed E-state index contributed by atoms with van der Waals surface area (Å²) in [6.45, 7) is 4.45. The molecule has 0 aromatic heterocycles. The first-order valence-corrected chi connectivity index (χ1v) is 10.1. The molecule has 156 valence electrons. The molecular weight excluding hydrogens is 390 g/mol. The molecule has 1 aliphatic rings. The molecular formula is C22H28ClN3O3. The monoisotopic (exact) mass is 417 g/mol. The Hall–Kier alpha value is -2.28. The molecule has 2 aromatic carbocycles. The molecule has 0 spiro atoms. The van der Waals surface area contributed by atoms with Gasteiger partial charge in [-0.2, -0.15) is 0 Å². The lowest BCUT2D eigenvalue weighted by Crippen LogP contribution is -2.48. The predicted molar refractivity (Wildman–Crippen MR) is 115 cm³/mol. The van der Waals surface area contributed by atoms with Crippen LogP contribution in [0, 0.1) is 0 Å². The number of piperazine rings is 1. The molecule has 1 N–H and O–H groups in total. The Morgan fingerprint density at radius 3 is 2.28 bits per heavy atom. The van der Waals surface area contributed by atoms with E-state index in [0.717, 1.165) is 37.5 Å². The third kappa shape index (κ3) is 6.35. The lowest BCUT2D eigenvalue weighted by atomic mass is 10.0. The van der Waals surface area contributed by atoms with Crippen LogP contribution >= 0.6 is 11.6 Å². The highest BCUT2D eigenvalue weighted by Crippen LogP contribution is 2.24. The smallest absolute Gasteiger partial charge is 0.258 e. The molecule has 1 aliphatic heterocycles. The number of ether oxygens (including phenoxy) is 2. The van der Waals surface area contributed by atoms with E-state index in [1.54, 1.807) is 31.4 Å². The van der Waals surface area contributed by atoms with Crippen molar-refractivity contribution in [2.75, 3.05) is 53.5 Å². The largest absolute Gasteiger partial charge is 0.497 e.